The molecular weight excluding hydrogens is 205 g/mol. The molecule has 1 aromatic rings. The molecule has 1 heterocycles. The van der Waals surface area contributed by atoms with Gasteiger partial charge in [-0.05, 0) is 30.5 Å². The lowest BCUT2D eigenvalue weighted by molar-refractivity contribution is 0.112. The lowest BCUT2D eigenvalue weighted by Crippen LogP contribution is -2.20. The molecule has 2 nitrogen and oxygen atoms in total. The standard InChI is InChI=1S/C13H16FNO/c1-2-10-5-6-15(8-10)13-4-3-12(14)7-11(13)9-16/h3-4,7,9-10H,2,5-6,8H2,1H3. The van der Waals surface area contributed by atoms with E-state index in [0.717, 1.165) is 37.9 Å². The summed E-state index contributed by atoms with van der Waals surface area (Å²) in [6, 6.07) is 4.43. The lowest BCUT2D eigenvalue weighted by atomic mass is 10.1. The van der Waals surface area contributed by atoms with Crippen molar-refractivity contribution in [3.05, 3.63) is 29.6 Å². The van der Waals surface area contributed by atoms with Crippen LogP contribution >= 0.6 is 0 Å². The fraction of sp³-hybridized carbons (Fsp3) is 0.462. The average Bonchev–Trinajstić information content (AvgIpc) is 2.77. The Morgan fingerprint density at radius 1 is 1.56 bits per heavy atom. The molecule has 86 valence electrons. The van der Waals surface area contributed by atoms with Crippen molar-refractivity contribution in [1.29, 1.82) is 0 Å². The molecule has 0 radical (unpaired) electrons. The van der Waals surface area contributed by atoms with Gasteiger partial charge in [0.2, 0.25) is 0 Å². The zero-order valence-electron chi connectivity index (χ0n) is 9.45. The third kappa shape index (κ3) is 2.08. The summed E-state index contributed by atoms with van der Waals surface area (Å²) in [5.41, 5.74) is 1.32. The number of benzene rings is 1. The van der Waals surface area contributed by atoms with Crippen LogP contribution in [0.1, 0.15) is 30.1 Å². The van der Waals surface area contributed by atoms with Crippen LogP contribution in [0.25, 0.3) is 0 Å². The van der Waals surface area contributed by atoms with Gasteiger partial charge in [-0.15, -0.1) is 0 Å². The number of rotatable bonds is 3. The molecule has 16 heavy (non-hydrogen) atoms. The van der Waals surface area contributed by atoms with Gasteiger partial charge in [0.05, 0.1) is 0 Å². The third-order valence-electron chi connectivity index (χ3n) is 3.32. The highest BCUT2D eigenvalue weighted by Crippen LogP contribution is 2.28. The summed E-state index contributed by atoms with van der Waals surface area (Å²) in [6.07, 6.45) is 3.05. The first-order valence-corrected chi connectivity index (χ1v) is 5.74. The zero-order valence-corrected chi connectivity index (χ0v) is 9.45. The van der Waals surface area contributed by atoms with Gasteiger partial charge in [-0.1, -0.05) is 13.3 Å². The molecule has 0 aliphatic carbocycles. The number of halogens is 1. The fourth-order valence-electron chi connectivity index (χ4n) is 2.29. The van der Waals surface area contributed by atoms with Crippen molar-refractivity contribution in [1.82, 2.24) is 0 Å². The summed E-state index contributed by atoms with van der Waals surface area (Å²) < 4.78 is 13.0. The van der Waals surface area contributed by atoms with E-state index in [-0.39, 0.29) is 5.82 Å². The topological polar surface area (TPSA) is 20.3 Å². The highest BCUT2D eigenvalue weighted by Gasteiger charge is 2.22. The van der Waals surface area contributed by atoms with E-state index in [1.54, 1.807) is 6.07 Å². The van der Waals surface area contributed by atoms with Crippen molar-refractivity contribution in [3.63, 3.8) is 0 Å². The monoisotopic (exact) mass is 221 g/mol. The molecule has 3 heteroatoms. The largest absolute Gasteiger partial charge is 0.371 e. The minimum absolute atomic E-state index is 0.350. The Labute approximate surface area is 95.1 Å². The van der Waals surface area contributed by atoms with Gasteiger partial charge in [0.15, 0.2) is 6.29 Å². The smallest absolute Gasteiger partial charge is 0.152 e. The molecule has 1 aromatic carbocycles. The quantitative estimate of drug-likeness (QED) is 0.731. The summed E-state index contributed by atoms with van der Waals surface area (Å²) in [6.45, 7) is 4.12. The molecule has 0 aromatic heterocycles. The van der Waals surface area contributed by atoms with E-state index in [1.165, 1.54) is 12.1 Å². The molecular formula is C13H16FNO. The number of nitrogens with zero attached hydrogens (tertiary/aromatic N) is 1. The van der Waals surface area contributed by atoms with Gasteiger partial charge in [0.25, 0.3) is 0 Å². The van der Waals surface area contributed by atoms with Crippen LogP contribution in [0, 0.1) is 11.7 Å². The maximum atomic E-state index is 13.0. The predicted molar refractivity (Wildman–Crippen MR) is 62.4 cm³/mol. The summed E-state index contributed by atoms with van der Waals surface area (Å²) in [7, 11) is 0. The summed E-state index contributed by atoms with van der Waals surface area (Å²) in [4.78, 5) is 13.1. The molecule has 1 aliphatic heterocycles. The van der Waals surface area contributed by atoms with Crippen molar-refractivity contribution >= 4 is 12.0 Å². The van der Waals surface area contributed by atoms with Gasteiger partial charge >= 0.3 is 0 Å². The molecule has 1 saturated heterocycles. The van der Waals surface area contributed by atoms with E-state index in [4.69, 9.17) is 0 Å². The minimum Gasteiger partial charge on any atom is -0.371 e. The third-order valence-corrected chi connectivity index (χ3v) is 3.32. The second kappa shape index (κ2) is 4.64. The van der Waals surface area contributed by atoms with Gasteiger partial charge < -0.3 is 4.90 Å². The molecule has 0 spiro atoms. The van der Waals surface area contributed by atoms with E-state index in [9.17, 15) is 9.18 Å². The number of carbonyl (C=O) groups excluding carboxylic acids is 1. The van der Waals surface area contributed by atoms with Gasteiger partial charge in [-0.25, -0.2) is 4.39 Å². The first-order valence-electron chi connectivity index (χ1n) is 5.74. The zero-order chi connectivity index (χ0) is 11.5. The summed E-state index contributed by atoms with van der Waals surface area (Å²) in [5, 5.41) is 0. The van der Waals surface area contributed by atoms with Crippen LogP contribution in [0.15, 0.2) is 18.2 Å². The average molecular weight is 221 g/mol. The molecule has 1 aliphatic rings. The molecule has 2 rings (SSSR count). The molecule has 0 bridgehead atoms. The predicted octanol–water partition coefficient (Wildman–Crippen LogP) is 2.87. The molecule has 1 unspecified atom stereocenters. The van der Waals surface area contributed by atoms with E-state index in [1.807, 2.05) is 0 Å². The molecule has 0 N–H and O–H groups in total. The van der Waals surface area contributed by atoms with E-state index < -0.39 is 0 Å². The van der Waals surface area contributed by atoms with Crippen LogP contribution in [0.4, 0.5) is 10.1 Å². The van der Waals surface area contributed by atoms with Crippen LogP contribution < -0.4 is 4.90 Å². The first-order chi connectivity index (χ1) is 7.74. The second-order valence-corrected chi connectivity index (χ2v) is 4.33. The second-order valence-electron chi connectivity index (χ2n) is 4.33. The number of carbonyl (C=O) groups is 1. The Hall–Kier alpha value is -1.38. The van der Waals surface area contributed by atoms with Crippen molar-refractivity contribution in [2.45, 2.75) is 19.8 Å². The lowest BCUT2D eigenvalue weighted by Gasteiger charge is -2.20. The van der Waals surface area contributed by atoms with Gasteiger partial charge in [0.1, 0.15) is 5.82 Å². The van der Waals surface area contributed by atoms with Crippen molar-refractivity contribution in [3.8, 4) is 0 Å². The van der Waals surface area contributed by atoms with Gasteiger partial charge in [0, 0.05) is 24.3 Å². The Balaban J connectivity index is 2.24. The van der Waals surface area contributed by atoms with Gasteiger partial charge in [-0.2, -0.15) is 0 Å². The van der Waals surface area contributed by atoms with E-state index >= 15 is 0 Å². The Morgan fingerprint density at radius 3 is 3.00 bits per heavy atom. The first kappa shape index (κ1) is 11.1. The Morgan fingerprint density at radius 2 is 2.38 bits per heavy atom. The van der Waals surface area contributed by atoms with Crippen LogP contribution in [0.2, 0.25) is 0 Å². The molecule has 1 atom stereocenters. The van der Waals surface area contributed by atoms with E-state index in [0.29, 0.717) is 11.5 Å². The molecule has 0 saturated carbocycles. The number of hydrogen-bond acceptors (Lipinski definition) is 2. The fourth-order valence-corrected chi connectivity index (χ4v) is 2.29. The van der Waals surface area contributed by atoms with Crippen LogP contribution in [0.3, 0.4) is 0 Å². The van der Waals surface area contributed by atoms with Crippen LogP contribution in [-0.4, -0.2) is 19.4 Å². The summed E-state index contributed by atoms with van der Waals surface area (Å²) in [5.74, 6) is 0.349. The van der Waals surface area contributed by atoms with Crippen molar-refractivity contribution < 1.29 is 9.18 Å². The SMILES string of the molecule is CCC1CCN(c2ccc(F)cc2C=O)C1. The van der Waals surface area contributed by atoms with Crippen LogP contribution in [0.5, 0.6) is 0 Å². The highest BCUT2D eigenvalue weighted by atomic mass is 19.1. The molecule has 0 amide bonds. The molecule has 1 fully saturated rings. The summed E-state index contributed by atoms with van der Waals surface area (Å²) >= 11 is 0. The number of hydrogen-bond donors (Lipinski definition) is 0. The van der Waals surface area contributed by atoms with Gasteiger partial charge in [-0.3, -0.25) is 4.79 Å². The Bertz CT molecular complexity index is 392. The maximum Gasteiger partial charge on any atom is 0.152 e. The van der Waals surface area contributed by atoms with E-state index in [2.05, 4.69) is 11.8 Å². The normalized spacial score (nSPS) is 20.1. The van der Waals surface area contributed by atoms with Crippen molar-refractivity contribution in [2.24, 2.45) is 5.92 Å². The minimum atomic E-state index is -0.350. The highest BCUT2D eigenvalue weighted by molar-refractivity contribution is 5.84. The van der Waals surface area contributed by atoms with Crippen molar-refractivity contribution in [2.75, 3.05) is 18.0 Å². The Kier molecular flexibility index (Phi) is 3.22. The number of anilines is 1. The maximum absolute atomic E-state index is 13.0. The van der Waals surface area contributed by atoms with Crippen LogP contribution in [-0.2, 0) is 0 Å². The number of aldehydes is 1.